The van der Waals surface area contributed by atoms with E-state index in [1.54, 1.807) is 0 Å². The number of carbonyl (C=O) groups excluding carboxylic acids is 3. The van der Waals surface area contributed by atoms with Crippen molar-refractivity contribution in [1.82, 2.24) is 0 Å². The average molecular weight is 425 g/mol. The summed E-state index contributed by atoms with van der Waals surface area (Å²) in [4.78, 5) is 36.3. The molecule has 166 valence electrons. The van der Waals surface area contributed by atoms with Crippen LogP contribution in [0.15, 0.2) is 42.5 Å². The smallest absolute Gasteiger partial charge is 0.306 e. The number of hydrogen-bond donors (Lipinski definition) is 2. The van der Waals surface area contributed by atoms with Crippen LogP contribution in [0.2, 0.25) is 0 Å². The maximum Gasteiger partial charge on any atom is 0.306 e. The molecule has 0 heterocycles. The molecule has 2 aromatic carbocycles. The van der Waals surface area contributed by atoms with Crippen LogP contribution in [0.4, 0.5) is 11.4 Å². The Bertz CT molecular complexity index is 886. The molecule has 0 saturated carbocycles. The molecular weight excluding hydrogens is 392 g/mol. The Morgan fingerprint density at radius 2 is 1.35 bits per heavy atom. The summed E-state index contributed by atoms with van der Waals surface area (Å²) in [6.07, 6.45) is 3.08. The van der Waals surface area contributed by atoms with E-state index in [0.717, 1.165) is 47.3 Å². The zero-order chi connectivity index (χ0) is 22.6. The maximum absolute atomic E-state index is 12.2. The maximum atomic E-state index is 12.2. The van der Waals surface area contributed by atoms with Crippen LogP contribution >= 0.6 is 0 Å². The standard InChI is InChI=1S/C25H32N2O4/c1-4-18-11-7-8-14-21(18)26-22(28)15-10-16-24(30)31-17-23(29)27-25-19(5-2)12-9-13-20(25)6-3/h7-9,11-14H,4-6,10,15-17H2,1-3H3,(H,26,28)(H,27,29). The molecule has 0 aliphatic heterocycles. The Kier molecular flexibility index (Phi) is 9.75. The number of carbonyl (C=O) groups is 3. The topological polar surface area (TPSA) is 84.5 Å². The third-order valence-electron chi connectivity index (χ3n) is 5.08. The highest BCUT2D eigenvalue weighted by Gasteiger charge is 2.13. The molecule has 2 N–H and O–H groups in total. The third-order valence-corrected chi connectivity index (χ3v) is 5.08. The molecule has 0 unspecified atom stereocenters. The van der Waals surface area contributed by atoms with Crippen LogP contribution in [-0.4, -0.2) is 24.4 Å². The molecule has 0 radical (unpaired) electrons. The number of rotatable bonds is 11. The summed E-state index contributed by atoms with van der Waals surface area (Å²) in [5.41, 5.74) is 4.77. The molecule has 0 atom stereocenters. The Hall–Kier alpha value is -3.15. The van der Waals surface area contributed by atoms with Crippen molar-refractivity contribution in [1.29, 1.82) is 0 Å². The largest absolute Gasteiger partial charge is 0.456 e. The number of benzene rings is 2. The van der Waals surface area contributed by atoms with E-state index in [2.05, 4.69) is 10.6 Å². The summed E-state index contributed by atoms with van der Waals surface area (Å²) >= 11 is 0. The predicted molar refractivity (Wildman–Crippen MR) is 123 cm³/mol. The number of hydrogen-bond acceptors (Lipinski definition) is 4. The number of esters is 1. The van der Waals surface area contributed by atoms with E-state index in [0.29, 0.717) is 6.42 Å². The lowest BCUT2D eigenvalue weighted by Gasteiger charge is -2.14. The lowest BCUT2D eigenvalue weighted by atomic mass is 10.0. The molecule has 31 heavy (non-hydrogen) atoms. The van der Waals surface area contributed by atoms with Crippen molar-refractivity contribution in [3.8, 4) is 0 Å². The number of anilines is 2. The normalized spacial score (nSPS) is 10.4. The van der Waals surface area contributed by atoms with E-state index in [-0.39, 0.29) is 31.3 Å². The predicted octanol–water partition coefficient (Wildman–Crippen LogP) is 4.66. The fraction of sp³-hybridized carbons (Fsp3) is 0.400. The Labute approximate surface area is 184 Å². The van der Waals surface area contributed by atoms with Crippen molar-refractivity contribution in [3.05, 3.63) is 59.2 Å². The van der Waals surface area contributed by atoms with Crippen LogP contribution in [0.1, 0.15) is 56.7 Å². The second-order valence-electron chi connectivity index (χ2n) is 7.28. The molecule has 0 aliphatic rings. The van der Waals surface area contributed by atoms with Gasteiger partial charge in [-0.2, -0.15) is 0 Å². The van der Waals surface area contributed by atoms with Crippen LogP contribution < -0.4 is 10.6 Å². The van der Waals surface area contributed by atoms with Gasteiger partial charge in [-0.05, 0) is 48.4 Å². The third kappa shape index (κ3) is 7.55. The van der Waals surface area contributed by atoms with Gasteiger partial charge in [0.25, 0.3) is 5.91 Å². The fourth-order valence-corrected chi connectivity index (χ4v) is 3.35. The molecule has 0 spiro atoms. The van der Waals surface area contributed by atoms with Crippen molar-refractivity contribution in [2.24, 2.45) is 0 Å². The molecule has 0 fully saturated rings. The first kappa shape index (κ1) is 24.1. The summed E-state index contributed by atoms with van der Waals surface area (Å²) in [7, 11) is 0. The van der Waals surface area contributed by atoms with E-state index >= 15 is 0 Å². The summed E-state index contributed by atoms with van der Waals surface area (Å²) in [5, 5.41) is 5.75. The minimum Gasteiger partial charge on any atom is -0.456 e. The minimum absolute atomic E-state index is 0.0852. The number of ether oxygens (including phenoxy) is 1. The van der Waals surface area contributed by atoms with Gasteiger partial charge in [0.1, 0.15) is 0 Å². The zero-order valence-corrected chi connectivity index (χ0v) is 18.6. The van der Waals surface area contributed by atoms with Crippen LogP contribution in [0.3, 0.4) is 0 Å². The molecule has 2 aromatic rings. The molecule has 0 aromatic heterocycles. The molecule has 0 bridgehead atoms. The van der Waals surface area contributed by atoms with Gasteiger partial charge in [-0.25, -0.2) is 0 Å². The SMILES string of the molecule is CCc1ccccc1NC(=O)CCCC(=O)OCC(=O)Nc1c(CC)cccc1CC. The van der Waals surface area contributed by atoms with E-state index in [1.807, 2.05) is 63.2 Å². The lowest BCUT2D eigenvalue weighted by Crippen LogP contribution is -2.22. The zero-order valence-electron chi connectivity index (χ0n) is 18.6. The first-order chi connectivity index (χ1) is 15.0. The van der Waals surface area contributed by atoms with Crippen molar-refractivity contribution < 1.29 is 19.1 Å². The highest BCUT2D eigenvalue weighted by atomic mass is 16.5. The molecule has 0 saturated heterocycles. The van der Waals surface area contributed by atoms with Gasteiger partial charge in [0.05, 0.1) is 0 Å². The second kappa shape index (κ2) is 12.5. The highest BCUT2D eigenvalue weighted by molar-refractivity contribution is 5.94. The van der Waals surface area contributed by atoms with Crippen molar-refractivity contribution in [3.63, 3.8) is 0 Å². The van der Waals surface area contributed by atoms with Gasteiger partial charge in [0.15, 0.2) is 6.61 Å². The number of nitrogens with one attached hydrogen (secondary N) is 2. The minimum atomic E-state index is -0.489. The summed E-state index contributed by atoms with van der Waals surface area (Å²) in [6.45, 7) is 5.75. The first-order valence-electron chi connectivity index (χ1n) is 10.9. The summed E-state index contributed by atoms with van der Waals surface area (Å²) in [6, 6.07) is 13.6. The summed E-state index contributed by atoms with van der Waals surface area (Å²) in [5.74, 6) is -0.996. The van der Waals surface area contributed by atoms with Crippen LogP contribution in [0.5, 0.6) is 0 Å². The Morgan fingerprint density at radius 1 is 0.742 bits per heavy atom. The first-order valence-corrected chi connectivity index (χ1v) is 10.9. The van der Waals surface area contributed by atoms with E-state index in [1.165, 1.54) is 0 Å². The fourth-order valence-electron chi connectivity index (χ4n) is 3.35. The Balaban J connectivity index is 1.73. The van der Waals surface area contributed by atoms with E-state index in [9.17, 15) is 14.4 Å². The molecule has 2 rings (SSSR count). The van der Waals surface area contributed by atoms with Gasteiger partial charge in [-0.3, -0.25) is 14.4 Å². The molecule has 2 amide bonds. The van der Waals surface area contributed by atoms with Crippen molar-refractivity contribution in [2.45, 2.75) is 59.3 Å². The van der Waals surface area contributed by atoms with Gasteiger partial charge < -0.3 is 15.4 Å². The number of amides is 2. The summed E-state index contributed by atoms with van der Waals surface area (Å²) < 4.78 is 5.08. The van der Waals surface area contributed by atoms with Crippen LogP contribution in [0, 0.1) is 0 Å². The average Bonchev–Trinajstić information content (AvgIpc) is 2.78. The van der Waals surface area contributed by atoms with E-state index in [4.69, 9.17) is 4.74 Å². The van der Waals surface area contributed by atoms with Crippen LogP contribution in [0.25, 0.3) is 0 Å². The lowest BCUT2D eigenvalue weighted by molar-refractivity contribution is -0.147. The molecule has 6 heteroatoms. The van der Waals surface area contributed by atoms with Gasteiger partial charge in [0.2, 0.25) is 5.91 Å². The van der Waals surface area contributed by atoms with Crippen molar-refractivity contribution >= 4 is 29.2 Å². The monoisotopic (exact) mass is 424 g/mol. The van der Waals surface area contributed by atoms with Gasteiger partial charge >= 0.3 is 5.97 Å². The Morgan fingerprint density at radius 3 is 2.00 bits per heavy atom. The van der Waals surface area contributed by atoms with Gasteiger partial charge in [0, 0.05) is 24.2 Å². The number of para-hydroxylation sites is 2. The van der Waals surface area contributed by atoms with Gasteiger partial charge in [-0.15, -0.1) is 0 Å². The quantitative estimate of drug-likeness (QED) is 0.514. The van der Waals surface area contributed by atoms with E-state index < -0.39 is 5.97 Å². The highest BCUT2D eigenvalue weighted by Crippen LogP contribution is 2.22. The second-order valence-corrected chi connectivity index (χ2v) is 7.28. The molecule has 0 aliphatic carbocycles. The van der Waals surface area contributed by atoms with Crippen molar-refractivity contribution in [2.75, 3.05) is 17.2 Å². The van der Waals surface area contributed by atoms with Gasteiger partial charge in [-0.1, -0.05) is 57.2 Å². The van der Waals surface area contributed by atoms with Crippen LogP contribution in [-0.2, 0) is 38.4 Å². The molecule has 6 nitrogen and oxygen atoms in total. The number of aryl methyl sites for hydroxylation is 3. The molecular formula is C25H32N2O4.